The molecule has 0 spiro atoms. The first-order chi connectivity index (χ1) is 8.31. The zero-order valence-electron chi connectivity index (χ0n) is 9.56. The van der Waals surface area contributed by atoms with Crippen molar-refractivity contribution in [2.45, 2.75) is 19.4 Å². The predicted molar refractivity (Wildman–Crippen MR) is 71.5 cm³/mol. The molecular formula is C12H14ClN3S. The van der Waals surface area contributed by atoms with Gasteiger partial charge in [0.2, 0.25) is 0 Å². The first-order valence-electron chi connectivity index (χ1n) is 5.57. The van der Waals surface area contributed by atoms with Gasteiger partial charge in [-0.05, 0) is 30.7 Å². The molecule has 0 fully saturated rings. The summed E-state index contributed by atoms with van der Waals surface area (Å²) in [5.74, 6) is 0. The third kappa shape index (κ3) is 3.25. The lowest BCUT2D eigenvalue weighted by Gasteiger charge is -2.16. The van der Waals surface area contributed by atoms with Gasteiger partial charge in [0.25, 0.3) is 0 Å². The average Bonchev–Trinajstić information content (AvgIpc) is 2.83. The van der Waals surface area contributed by atoms with Gasteiger partial charge in [-0.15, -0.1) is 0 Å². The molecule has 0 radical (unpaired) electrons. The highest BCUT2D eigenvalue weighted by Crippen LogP contribution is 2.23. The van der Waals surface area contributed by atoms with Crippen LogP contribution in [0, 0.1) is 0 Å². The van der Waals surface area contributed by atoms with Gasteiger partial charge < -0.3 is 5.32 Å². The molecule has 1 N–H and O–H groups in total. The van der Waals surface area contributed by atoms with E-state index in [9.17, 15) is 0 Å². The monoisotopic (exact) mass is 267 g/mol. The van der Waals surface area contributed by atoms with Gasteiger partial charge in [-0.1, -0.05) is 30.7 Å². The van der Waals surface area contributed by atoms with E-state index < -0.39 is 0 Å². The smallest absolute Gasteiger partial charge is 0.0957 e. The second-order valence-electron chi connectivity index (χ2n) is 3.77. The Hall–Kier alpha value is -0.970. The highest BCUT2D eigenvalue weighted by atomic mass is 35.5. The molecule has 90 valence electrons. The Morgan fingerprint density at radius 1 is 1.47 bits per heavy atom. The maximum atomic E-state index is 6.02. The molecule has 0 aliphatic rings. The number of benzene rings is 1. The van der Waals surface area contributed by atoms with Gasteiger partial charge in [0.1, 0.15) is 0 Å². The molecule has 0 aliphatic heterocycles. The van der Waals surface area contributed by atoms with E-state index >= 15 is 0 Å². The second kappa shape index (κ2) is 6.10. The molecule has 1 aromatic carbocycles. The van der Waals surface area contributed by atoms with Crippen LogP contribution in [-0.2, 0) is 0 Å². The minimum atomic E-state index is 0.0763. The summed E-state index contributed by atoms with van der Waals surface area (Å²) in [5.41, 5.74) is 2.07. The van der Waals surface area contributed by atoms with Gasteiger partial charge in [0, 0.05) is 5.02 Å². The summed E-state index contributed by atoms with van der Waals surface area (Å²) in [6.45, 7) is 3.08. The molecule has 2 aromatic rings. The molecule has 1 atom stereocenters. The highest BCUT2D eigenvalue weighted by molar-refractivity contribution is 6.99. The lowest BCUT2D eigenvalue weighted by Crippen LogP contribution is -2.23. The molecular weight excluding hydrogens is 254 g/mol. The molecule has 0 amide bonds. The zero-order chi connectivity index (χ0) is 12.1. The normalized spacial score (nSPS) is 12.6. The molecule has 17 heavy (non-hydrogen) atoms. The van der Waals surface area contributed by atoms with Crippen molar-refractivity contribution in [1.29, 1.82) is 0 Å². The first-order valence-corrected chi connectivity index (χ1v) is 6.68. The summed E-state index contributed by atoms with van der Waals surface area (Å²) in [6.07, 6.45) is 2.88. The van der Waals surface area contributed by atoms with Crippen molar-refractivity contribution in [2.24, 2.45) is 0 Å². The predicted octanol–water partition coefficient (Wildman–Crippen LogP) is 3.28. The van der Waals surface area contributed by atoms with E-state index in [0.29, 0.717) is 0 Å². The van der Waals surface area contributed by atoms with Crippen LogP contribution in [0.15, 0.2) is 30.5 Å². The van der Waals surface area contributed by atoms with Gasteiger partial charge >= 0.3 is 0 Å². The number of nitrogens with zero attached hydrogens (tertiary/aromatic N) is 2. The molecule has 2 rings (SSSR count). The number of rotatable bonds is 5. The fraction of sp³-hybridized carbons (Fsp3) is 0.333. The summed E-state index contributed by atoms with van der Waals surface area (Å²) in [7, 11) is 0. The van der Waals surface area contributed by atoms with Crippen LogP contribution in [0.25, 0.3) is 0 Å². The molecule has 0 aliphatic carbocycles. The topological polar surface area (TPSA) is 37.8 Å². The van der Waals surface area contributed by atoms with Crippen LogP contribution in [0.2, 0.25) is 5.02 Å². The Balaban J connectivity index is 2.27. The molecule has 0 bridgehead atoms. The third-order valence-electron chi connectivity index (χ3n) is 2.45. The van der Waals surface area contributed by atoms with Crippen LogP contribution < -0.4 is 5.32 Å². The fourth-order valence-electron chi connectivity index (χ4n) is 1.67. The molecule has 5 heteroatoms. The minimum Gasteiger partial charge on any atom is -0.305 e. The summed E-state index contributed by atoms with van der Waals surface area (Å²) in [4.78, 5) is 0. The Labute approximate surface area is 110 Å². The lowest BCUT2D eigenvalue weighted by atomic mass is 10.0. The second-order valence-corrected chi connectivity index (χ2v) is 4.77. The fourth-order valence-corrected chi connectivity index (χ4v) is 2.31. The van der Waals surface area contributed by atoms with Crippen molar-refractivity contribution in [3.63, 3.8) is 0 Å². The molecule has 1 unspecified atom stereocenters. The lowest BCUT2D eigenvalue weighted by molar-refractivity contribution is 0.590. The maximum absolute atomic E-state index is 6.02. The Morgan fingerprint density at radius 3 is 3.00 bits per heavy atom. The van der Waals surface area contributed by atoms with E-state index in [-0.39, 0.29) is 6.04 Å². The van der Waals surface area contributed by atoms with Gasteiger partial charge in [-0.2, -0.15) is 8.75 Å². The van der Waals surface area contributed by atoms with Gasteiger partial charge in [-0.3, -0.25) is 0 Å². The summed E-state index contributed by atoms with van der Waals surface area (Å²) in [5, 5.41) is 4.21. The number of aromatic nitrogens is 2. The third-order valence-corrected chi connectivity index (χ3v) is 3.18. The SMILES string of the molecule is CCCNC(c1cccc(Cl)c1)c1cnsn1. The standard InChI is InChI=1S/C12H14ClN3S/c1-2-6-14-12(11-8-15-17-16-11)9-4-3-5-10(13)7-9/h3-5,7-8,12,14H,2,6H2,1H3. The van der Waals surface area contributed by atoms with Crippen molar-refractivity contribution in [1.82, 2.24) is 14.1 Å². The van der Waals surface area contributed by atoms with Crippen molar-refractivity contribution in [3.05, 3.63) is 46.7 Å². The van der Waals surface area contributed by atoms with Gasteiger partial charge in [0.15, 0.2) is 0 Å². The molecule has 1 aromatic heterocycles. The zero-order valence-corrected chi connectivity index (χ0v) is 11.1. The van der Waals surface area contributed by atoms with E-state index in [1.165, 1.54) is 11.7 Å². The van der Waals surface area contributed by atoms with Crippen LogP contribution in [0.4, 0.5) is 0 Å². The minimum absolute atomic E-state index is 0.0763. The van der Waals surface area contributed by atoms with E-state index in [0.717, 1.165) is 29.2 Å². The number of hydrogen-bond acceptors (Lipinski definition) is 4. The van der Waals surface area contributed by atoms with Crippen LogP contribution in [0.5, 0.6) is 0 Å². The Kier molecular flexibility index (Phi) is 4.48. The van der Waals surface area contributed by atoms with Crippen LogP contribution in [0.1, 0.15) is 30.6 Å². The van der Waals surface area contributed by atoms with Crippen molar-refractivity contribution >= 4 is 23.3 Å². The average molecular weight is 268 g/mol. The van der Waals surface area contributed by atoms with Crippen molar-refractivity contribution < 1.29 is 0 Å². The van der Waals surface area contributed by atoms with Crippen LogP contribution in [0.3, 0.4) is 0 Å². The quantitative estimate of drug-likeness (QED) is 0.903. The summed E-state index contributed by atoms with van der Waals surface area (Å²) in [6, 6.07) is 7.93. The number of halogens is 1. The van der Waals surface area contributed by atoms with E-state index in [1.807, 2.05) is 18.2 Å². The van der Waals surface area contributed by atoms with Gasteiger partial charge in [0.05, 0.1) is 29.7 Å². The number of nitrogens with one attached hydrogen (secondary N) is 1. The van der Waals surface area contributed by atoms with Crippen molar-refractivity contribution in [2.75, 3.05) is 6.54 Å². The van der Waals surface area contributed by atoms with Crippen molar-refractivity contribution in [3.8, 4) is 0 Å². The molecule has 1 heterocycles. The molecule has 0 saturated heterocycles. The summed E-state index contributed by atoms with van der Waals surface area (Å²) < 4.78 is 8.36. The molecule has 3 nitrogen and oxygen atoms in total. The van der Waals surface area contributed by atoms with Crippen LogP contribution >= 0.6 is 23.3 Å². The summed E-state index contributed by atoms with van der Waals surface area (Å²) >= 11 is 7.25. The van der Waals surface area contributed by atoms with E-state index in [1.54, 1.807) is 6.20 Å². The Bertz CT molecular complexity index is 459. The molecule has 0 saturated carbocycles. The highest BCUT2D eigenvalue weighted by Gasteiger charge is 2.15. The first kappa shape index (κ1) is 12.5. The van der Waals surface area contributed by atoms with Crippen LogP contribution in [-0.4, -0.2) is 15.3 Å². The van der Waals surface area contributed by atoms with E-state index in [2.05, 4.69) is 27.1 Å². The van der Waals surface area contributed by atoms with E-state index in [4.69, 9.17) is 11.6 Å². The number of hydrogen-bond donors (Lipinski definition) is 1. The Morgan fingerprint density at radius 2 is 2.35 bits per heavy atom. The largest absolute Gasteiger partial charge is 0.305 e. The maximum Gasteiger partial charge on any atom is 0.0957 e. The van der Waals surface area contributed by atoms with Gasteiger partial charge in [-0.25, -0.2) is 0 Å².